The van der Waals surface area contributed by atoms with Crippen LogP contribution in [-0.4, -0.2) is 5.97 Å². The molecule has 35 heavy (non-hydrogen) atoms. The summed E-state index contributed by atoms with van der Waals surface area (Å²) >= 11 is 0. The molecule has 4 aromatic rings. The molecule has 2 nitrogen and oxygen atoms in total. The van der Waals surface area contributed by atoms with Crippen molar-refractivity contribution in [3.8, 4) is 28.0 Å². The van der Waals surface area contributed by atoms with Gasteiger partial charge in [-0.2, -0.15) is 4.39 Å². The summed E-state index contributed by atoms with van der Waals surface area (Å²) in [6, 6.07) is 21.0. The molecule has 0 saturated heterocycles. The van der Waals surface area contributed by atoms with Gasteiger partial charge in [0.15, 0.2) is 11.6 Å². The molecule has 0 fully saturated rings. The Morgan fingerprint density at radius 3 is 1.94 bits per heavy atom. The van der Waals surface area contributed by atoms with Crippen LogP contribution in [-0.2, 0) is 12.8 Å². The molecular formula is C30H25F3O2. The van der Waals surface area contributed by atoms with E-state index < -0.39 is 23.4 Å². The highest BCUT2D eigenvalue weighted by molar-refractivity contribution is 5.91. The van der Waals surface area contributed by atoms with Gasteiger partial charge in [0, 0.05) is 11.1 Å². The normalized spacial score (nSPS) is 10.9. The number of carbonyl (C=O) groups is 1. The van der Waals surface area contributed by atoms with Crippen molar-refractivity contribution >= 4 is 5.97 Å². The quantitative estimate of drug-likeness (QED) is 0.199. The summed E-state index contributed by atoms with van der Waals surface area (Å²) in [5.74, 6) is -4.00. The highest BCUT2D eigenvalue weighted by Crippen LogP contribution is 2.31. The second-order valence-electron chi connectivity index (χ2n) is 8.32. The van der Waals surface area contributed by atoms with Gasteiger partial charge in [-0.05, 0) is 65.4 Å². The molecule has 178 valence electrons. The standard InChI is InChI=1S/C30H25F3O2/c1-3-5-20-6-9-22(10-7-20)25-16-17-27(29(33)28(25)32)35-30(34)23-13-11-21(12-14-23)24-15-8-19(4-2)18-26(24)31/h6-18H,3-5H2,1-2H3. The van der Waals surface area contributed by atoms with Crippen molar-refractivity contribution in [2.75, 3.05) is 0 Å². The molecule has 0 aliphatic heterocycles. The molecule has 0 unspecified atom stereocenters. The first-order valence-corrected chi connectivity index (χ1v) is 11.6. The monoisotopic (exact) mass is 474 g/mol. The lowest BCUT2D eigenvalue weighted by Gasteiger charge is -2.11. The van der Waals surface area contributed by atoms with E-state index in [0.717, 1.165) is 30.4 Å². The van der Waals surface area contributed by atoms with Gasteiger partial charge in [-0.25, -0.2) is 13.6 Å². The topological polar surface area (TPSA) is 26.3 Å². The molecule has 5 heteroatoms. The van der Waals surface area contributed by atoms with E-state index in [4.69, 9.17) is 4.74 Å². The van der Waals surface area contributed by atoms with Gasteiger partial charge in [0.25, 0.3) is 0 Å². The van der Waals surface area contributed by atoms with E-state index in [0.29, 0.717) is 16.7 Å². The minimum Gasteiger partial charge on any atom is -0.420 e. The van der Waals surface area contributed by atoms with Crippen molar-refractivity contribution in [1.82, 2.24) is 0 Å². The Morgan fingerprint density at radius 2 is 1.31 bits per heavy atom. The highest BCUT2D eigenvalue weighted by atomic mass is 19.2. The van der Waals surface area contributed by atoms with Gasteiger partial charge in [-0.1, -0.05) is 68.8 Å². The molecule has 4 aromatic carbocycles. The number of halogens is 3. The van der Waals surface area contributed by atoms with Crippen molar-refractivity contribution in [3.63, 3.8) is 0 Å². The maximum Gasteiger partial charge on any atom is 0.343 e. The third-order valence-electron chi connectivity index (χ3n) is 5.93. The van der Waals surface area contributed by atoms with Crippen molar-refractivity contribution in [1.29, 1.82) is 0 Å². The Labute approximate surface area is 203 Å². The smallest absolute Gasteiger partial charge is 0.343 e. The van der Waals surface area contributed by atoms with Crippen molar-refractivity contribution in [2.24, 2.45) is 0 Å². The summed E-state index contributed by atoms with van der Waals surface area (Å²) in [5, 5.41) is 0. The van der Waals surface area contributed by atoms with Gasteiger partial charge in [0.1, 0.15) is 5.82 Å². The van der Waals surface area contributed by atoms with Crippen LogP contribution in [0.1, 0.15) is 41.8 Å². The summed E-state index contributed by atoms with van der Waals surface area (Å²) in [6.07, 6.45) is 2.63. The Bertz CT molecular complexity index is 1340. The van der Waals surface area contributed by atoms with Crippen molar-refractivity contribution < 1.29 is 22.7 Å². The summed E-state index contributed by atoms with van der Waals surface area (Å²) in [4.78, 5) is 12.5. The van der Waals surface area contributed by atoms with Crippen LogP contribution in [0.15, 0.2) is 78.9 Å². The summed E-state index contributed by atoms with van der Waals surface area (Å²) in [5.41, 5.74) is 3.77. The highest BCUT2D eigenvalue weighted by Gasteiger charge is 2.19. The number of esters is 1. The van der Waals surface area contributed by atoms with Gasteiger partial charge in [0.2, 0.25) is 5.82 Å². The molecule has 0 N–H and O–H groups in total. The van der Waals surface area contributed by atoms with E-state index in [-0.39, 0.29) is 16.9 Å². The van der Waals surface area contributed by atoms with Crippen LogP contribution in [0, 0.1) is 17.5 Å². The number of hydrogen-bond acceptors (Lipinski definition) is 2. The largest absolute Gasteiger partial charge is 0.420 e. The number of hydrogen-bond donors (Lipinski definition) is 0. The Hall–Kier alpha value is -3.86. The lowest BCUT2D eigenvalue weighted by molar-refractivity contribution is 0.0727. The molecule has 0 aromatic heterocycles. The molecular weight excluding hydrogens is 449 g/mol. The Kier molecular flexibility index (Phi) is 7.35. The molecule has 0 amide bonds. The van der Waals surface area contributed by atoms with Crippen molar-refractivity contribution in [2.45, 2.75) is 33.1 Å². The Balaban J connectivity index is 1.51. The van der Waals surface area contributed by atoms with Gasteiger partial charge < -0.3 is 4.74 Å². The second-order valence-corrected chi connectivity index (χ2v) is 8.32. The average Bonchev–Trinajstić information content (AvgIpc) is 2.88. The predicted molar refractivity (Wildman–Crippen MR) is 132 cm³/mol. The number of rotatable bonds is 7. The van der Waals surface area contributed by atoms with Crippen LogP contribution >= 0.6 is 0 Å². The van der Waals surface area contributed by atoms with Crippen molar-refractivity contribution in [3.05, 3.63) is 113 Å². The minimum absolute atomic E-state index is 0.0887. The van der Waals surface area contributed by atoms with Crippen LogP contribution in [0.3, 0.4) is 0 Å². The first kappa shape index (κ1) is 24.3. The van der Waals surface area contributed by atoms with Gasteiger partial charge in [-0.3, -0.25) is 0 Å². The van der Waals surface area contributed by atoms with Crippen LogP contribution in [0.25, 0.3) is 22.3 Å². The van der Waals surface area contributed by atoms with Crippen LogP contribution < -0.4 is 4.74 Å². The first-order valence-electron chi connectivity index (χ1n) is 11.6. The summed E-state index contributed by atoms with van der Waals surface area (Å²) in [6.45, 7) is 4.02. The van der Waals surface area contributed by atoms with Gasteiger partial charge in [0.05, 0.1) is 5.56 Å². The number of carbonyl (C=O) groups excluding carboxylic acids is 1. The molecule has 0 bridgehead atoms. The molecule has 0 atom stereocenters. The molecule has 0 heterocycles. The van der Waals surface area contributed by atoms with E-state index >= 15 is 0 Å². The fourth-order valence-electron chi connectivity index (χ4n) is 3.93. The van der Waals surface area contributed by atoms with E-state index in [1.807, 2.05) is 25.1 Å². The van der Waals surface area contributed by atoms with E-state index in [1.54, 1.807) is 30.3 Å². The zero-order chi connectivity index (χ0) is 24.9. The van der Waals surface area contributed by atoms with Crippen LogP contribution in [0.5, 0.6) is 5.75 Å². The maximum absolute atomic E-state index is 14.8. The van der Waals surface area contributed by atoms with Crippen LogP contribution in [0.4, 0.5) is 13.2 Å². The Morgan fingerprint density at radius 1 is 0.714 bits per heavy atom. The van der Waals surface area contributed by atoms with E-state index in [2.05, 4.69) is 6.92 Å². The van der Waals surface area contributed by atoms with Gasteiger partial charge >= 0.3 is 5.97 Å². The zero-order valence-corrected chi connectivity index (χ0v) is 19.6. The fraction of sp³-hybridized carbons (Fsp3) is 0.167. The molecule has 0 aliphatic carbocycles. The third kappa shape index (κ3) is 5.29. The molecule has 0 aliphatic rings. The lowest BCUT2D eigenvalue weighted by Crippen LogP contribution is -2.10. The summed E-state index contributed by atoms with van der Waals surface area (Å²) in [7, 11) is 0. The number of aryl methyl sites for hydroxylation is 2. The predicted octanol–water partition coefficient (Wildman–Crippen LogP) is 8.17. The fourth-order valence-corrected chi connectivity index (χ4v) is 3.93. The minimum atomic E-state index is -1.23. The molecule has 4 rings (SSSR count). The average molecular weight is 475 g/mol. The SMILES string of the molecule is CCCc1ccc(-c2ccc(OC(=O)c3ccc(-c4ccc(CC)cc4F)cc3)c(F)c2F)cc1. The van der Waals surface area contributed by atoms with Crippen LogP contribution in [0.2, 0.25) is 0 Å². The van der Waals surface area contributed by atoms with Gasteiger partial charge in [-0.15, -0.1) is 0 Å². The molecule has 0 spiro atoms. The number of ether oxygens (including phenoxy) is 1. The number of benzene rings is 4. The lowest BCUT2D eigenvalue weighted by atomic mass is 10.0. The van der Waals surface area contributed by atoms with E-state index in [9.17, 15) is 18.0 Å². The third-order valence-corrected chi connectivity index (χ3v) is 5.93. The zero-order valence-electron chi connectivity index (χ0n) is 19.6. The summed E-state index contributed by atoms with van der Waals surface area (Å²) < 4.78 is 49.0. The van der Waals surface area contributed by atoms with E-state index in [1.165, 1.54) is 30.3 Å². The maximum atomic E-state index is 14.8. The molecule has 0 radical (unpaired) electrons. The molecule has 0 saturated carbocycles. The first-order chi connectivity index (χ1) is 16.9. The second kappa shape index (κ2) is 10.6.